The first kappa shape index (κ1) is 17.5. The van der Waals surface area contributed by atoms with Crippen LogP contribution in [0.1, 0.15) is 52.1 Å². The van der Waals surface area contributed by atoms with Crippen molar-refractivity contribution in [2.75, 3.05) is 19.6 Å². The number of nitrogens with one attached hydrogen (secondary N) is 1. The van der Waals surface area contributed by atoms with Gasteiger partial charge in [-0.2, -0.15) is 0 Å². The highest BCUT2D eigenvalue weighted by atomic mass is 35.5. The first-order valence-electron chi connectivity index (χ1n) is 7.81. The van der Waals surface area contributed by atoms with Crippen LogP contribution >= 0.6 is 11.6 Å². The normalized spacial score (nSPS) is 13.2. The van der Waals surface area contributed by atoms with Crippen molar-refractivity contribution in [3.63, 3.8) is 0 Å². The molecule has 1 aromatic carbocycles. The molecule has 1 atom stereocenters. The van der Waals surface area contributed by atoms with Gasteiger partial charge in [-0.1, -0.05) is 37.6 Å². The Morgan fingerprint density at radius 3 is 2.25 bits per heavy atom. The summed E-state index contributed by atoms with van der Waals surface area (Å²) in [6.45, 7) is 12.3. The molecule has 0 aromatic heterocycles. The molecule has 0 aliphatic carbocycles. The van der Waals surface area contributed by atoms with Crippen LogP contribution in [-0.4, -0.2) is 30.6 Å². The lowest BCUT2D eigenvalue weighted by molar-refractivity contribution is 0.210. The van der Waals surface area contributed by atoms with E-state index in [1.807, 2.05) is 12.1 Å². The summed E-state index contributed by atoms with van der Waals surface area (Å²) in [6.07, 6.45) is 2.35. The minimum absolute atomic E-state index is 0.412. The average Bonchev–Trinajstić information content (AvgIpc) is 2.42. The zero-order valence-electron chi connectivity index (χ0n) is 13.3. The van der Waals surface area contributed by atoms with Gasteiger partial charge in [-0.3, -0.25) is 0 Å². The fourth-order valence-electron chi connectivity index (χ4n) is 2.54. The molecule has 3 heteroatoms. The van der Waals surface area contributed by atoms with Crippen molar-refractivity contribution in [3.05, 3.63) is 34.9 Å². The van der Waals surface area contributed by atoms with Crippen LogP contribution in [0, 0.1) is 0 Å². The molecule has 0 fully saturated rings. The third-order valence-corrected chi connectivity index (χ3v) is 3.92. The van der Waals surface area contributed by atoms with Crippen molar-refractivity contribution in [3.8, 4) is 0 Å². The van der Waals surface area contributed by atoms with Crippen LogP contribution < -0.4 is 5.32 Å². The van der Waals surface area contributed by atoms with Crippen LogP contribution in [0.15, 0.2) is 24.3 Å². The fourth-order valence-corrected chi connectivity index (χ4v) is 2.66. The monoisotopic (exact) mass is 296 g/mol. The van der Waals surface area contributed by atoms with Crippen LogP contribution in [0.5, 0.6) is 0 Å². The Hall–Kier alpha value is -0.570. The second kappa shape index (κ2) is 9.38. The molecule has 0 radical (unpaired) electrons. The average molecular weight is 297 g/mol. The van der Waals surface area contributed by atoms with Crippen molar-refractivity contribution in [2.24, 2.45) is 0 Å². The molecule has 1 aromatic rings. The quantitative estimate of drug-likeness (QED) is 0.722. The highest BCUT2D eigenvalue weighted by Crippen LogP contribution is 2.20. The summed E-state index contributed by atoms with van der Waals surface area (Å²) in [6, 6.07) is 9.25. The molecule has 1 unspecified atom stereocenters. The zero-order valence-corrected chi connectivity index (χ0v) is 14.1. The Balaban J connectivity index is 2.64. The van der Waals surface area contributed by atoms with Crippen LogP contribution in [-0.2, 0) is 0 Å². The van der Waals surface area contributed by atoms with Crippen LogP contribution in [0.4, 0.5) is 0 Å². The van der Waals surface area contributed by atoms with Gasteiger partial charge in [0, 0.05) is 23.7 Å². The minimum atomic E-state index is 0.412. The third kappa shape index (κ3) is 5.82. The maximum absolute atomic E-state index is 5.98. The van der Waals surface area contributed by atoms with Gasteiger partial charge < -0.3 is 10.2 Å². The Bertz CT molecular complexity index is 362. The Kier molecular flexibility index (Phi) is 8.20. The van der Waals surface area contributed by atoms with E-state index in [1.54, 1.807) is 0 Å². The molecule has 0 saturated heterocycles. The standard InChI is InChI=1S/C17H29ClN2/c1-5-12-20(14(3)4)13-11-17(19-6-2)15-7-9-16(18)10-8-15/h7-10,14,17,19H,5-6,11-13H2,1-4H3. The van der Waals surface area contributed by atoms with Crippen molar-refractivity contribution in [1.82, 2.24) is 10.2 Å². The fraction of sp³-hybridized carbons (Fsp3) is 0.647. The van der Waals surface area contributed by atoms with E-state index in [0.29, 0.717) is 12.1 Å². The number of hydrogen-bond donors (Lipinski definition) is 1. The Morgan fingerprint density at radius 1 is 1.10 bits per heavy atom. The highest BCUT2D eigenvalue weighted by Gasteiger charge is 2.14. The molecule has 0 aliphatic heterocycles. The molecule has 0 saturated carbocycles. The van der Waals surface area contributed by atoms with E-state index in [1.165, 1.54) is 18.5 Å². The smallest absolute Gasteiger partial charge is 0.0406 e. The molecule has 0 spiro atoms. The van der Waals surface area contributed by atoms with Crippen LogP contribution in [0.3, 0.4) is 0 Å². The zero-order chi connectivity index (χ0) is 15.0. The van der Waals surface area contributed by atoms with E-state index in [9.17, 15) is 0 Å². The first-order valence-corrected chi connectivity index (χ1v) is 8.19. The molecular weight excluding hydrogens is 268 g/mol. The van der Waals surface area contributed by atoms with E-state index in [2.05, 4.69) is 50.0 Å². The van der Waals surface area contributed by atoms with E-state index >= 15 is 0 Å². The lowest BCUT2D eigenvalue weighted by Gasteiger charge is -2.28. The van der Waals surface area contributed by atoms with Crippen molar-refractivity contribution in [1.29, 1.82) is 0 Å². The molecular formula is C17H29ClN2. The molecule has 0 amide bonds. The number of nitrogens with zero attached hydrogens (tertiary/aromatic N) is 1. The van der Waals surface area contributed by atoms with E-state index in [4.69, 9.17) is 11.6 Å². The molecule has 1 rings (SSSR count). The van der Waals surface area contributed by atoms with Gasteiger partial charge in [0.1, 0.15) is 0 Å². The predicted molar refractivity (Wildman–Crippen MR) is 89.5 cm³/mol. The second-order valence-corrected chi connectivity index (χ2v) is 6.02. The van der Waals surface area contributed by atoms with Crippen molar-refractivity contribution >= 4 is 11.6 Å². The summed E-state index contributed by atoms with van der Waals surface area (Å²) in [5.74, 6) is 0. The Labute approximate surface area is 129 Å². The topological polar surface area (TPSA) is 15.3 Å². The summed E-state index contributed by atoms with van der Waals surface area (Å²) in [5.41, 5.74) is 1.33. The maximum atomic E-state index is 5.98. The van der Waals surface area contributed by atoms with E-state index in [-0.39, 0.29) is 0 Å². The predicted octanol–water partition coefficient (Wildman–Crippen LogP) is 4.50. The van der Waals surface area contributed by atoms with Gasteiger partial charge in [-0.05, 0) is 57.5 Å². The number of halogens is 1. The van der Waals surface area contributed by atoms with Gasteiger partial charge in [0.25, 0.3) is 0 Å². The van der Waals surface area contributed by atoms with Gasteiger partial charge >= 0.3 is 0 Å². The molecule has 1 N–H and O–H groups in total. The van der Waals surface area contributed by atoms with Gasteiger partial charge in [0.05, 0.1) is 0 Å². The van der Waals surface area contributed by atoms with Crippen LogP contribution in [0.25, 0.3) is 0 Å². The lowest BCUT2D eigenvalue weighted by atomic mass is 10.0. The molecule has 0 heterocycles. The Morgan fingerprint density at radius 2 is 1.75 bits per heavy atom. The van der Waals surface area contributed by atoms with E-state index in [0.717, 1.165) is 24.5 Å². The number of benzene rings is 1. The minimum Gasteiger partial charge on any atom is -0.310 e. The molecule has 114 valence electrons. The van der Waals surface area contributed by atoms with Crippen molar-refractivity contribution < 1.29 is 0 Å². The lowest BCUT2D eigenvalue weighted by Crippen LogP contribution is -2.35. The number of hydrogen-bond acceptors (Lipinski definition) is 2. The summed E-state index contributed by atoms with van der Waals surface area (Å²) in [4.78, 5) is 2.56. The molecule has 20 heavy (non-hydrogen) atoms. The largest absolute Gasteiger partial charge is 0.310 e. The number of rotatable bonds is 9. The van der Waals surface area contributed by atoms with Gasteiger partial charge in [-0.25, -0.2) is 0 Å². The molecule has 2 nitrogen and oxygen atoms in total. The van der Waals surface area contributed by atoms with Crippen LogP contribution in [0.2, 0.25) is 5.02 Å². The third-order valence-electron chi connectivity index (χ3n) is 3.67. The first-order chi connectivity index (χ1) is 9.58. The van der Waals surface area contributed by atoms with Gasteiger partial charge in [0.2, 0.25) is 0 Å². The summed E-state index contributed by atoms with van der Waals surface area (Å²) in [5, 5.41) is 4.39. The van der Waals surface area contributed by atoms with Gasteiger partial charge in [-0.15, -0.1) is 0 Å². The molecule has 0 bridgehead atoms. The SMILES string of the molecule is CCCN(CCC(NCC)c1ccc(Cl)cc1)C(C)C. The summed E-state index contributed by atoms with van der Waals surface area (Å²) in [7, 11) is 0. The summed E-state index contributed by atoms with van der Waals surface area (Å²) >= 11 is 5.98. The maximum Gasteiger partial charge on any atom is 0.0406 e. The van der Waals surface area contributed by atoms with Crippen molar-refractivity contribution in [2.45, 2.75) is 52.6 Å². The van der Waals surface area contributed by atoms with E-state index < -0.39 is 0 Å². The highest BCUT2D eigenvalue weighted by molar-refractivity contribution is 6.30. The van der Waals surface area contributed by atoms with Gasteiger partial charge in [0.15, 0.2) is 0 Å². The molecule has 0 aliphatic rings. The summed E-state index contributed by atoms with van der Waals surface area (Å²) < 4.78 is 0. The second-order valence-electron chi connectivity index (χ2n) is 5.58.